The van der Waals surface area contributed by atoms with Crippen LogP contribution in [0.25, 0.3) is 0 Å². The van der Waals surface area contributed by atoms with E-state index >= 15 is 0 Å². The van der Waals surface area contributed by atoms with Crippen molar-refractivity contribution in [2.24, 2.45) is 5.73 Å². The van der Waals surface area contributed by atoms with Crippen LogP contribution in [0.4, 0.5) is 18.9 Å². The van der Waals surface area contributed by atoms with E-state index in [9.17, 15) is 22.8 Å². The van der Waals surface area contributed by atoms with E-state index in [1.54, 1.807) is 0 Å². The molecular formula is C15H12ClF3N3O2+. The number of carbonyl (C=O) groups excluding carboxylic acids is 2. The molecule has 9 heteroatoms. The van der Waals surface area contributed by atoms with Crippen molar-refractivity contribution in [3.8, 4) is 0 Å². The van der Waals surface area contributed by atoms with Crippen molar-refractivity contribution in [1.29, 1.82) is 0 Å². The molecule has 2 rings (SSSR count). The van der Waals surface area contributed by atoms with E-state index in [2.05, 4.69) is 5.32 Å². The van der Waals surface area contributed by atoms with Crippen molar-refractivity contribution in [2.45, 2.75) is 12.7 Å². The summed E-state index contributed by atoms with van der Waals surface area (Å²) in [5.74, 6) is -1.27. The number of carbonyl (C=O) groups is 2. The molecule has 24 heavy (non-hydrogen) atoms. The Morgan fingerprint density at radius 2 is 1.96 bits per heavy atom. The third-order valence-corrected chi connectivity index (χ3v) is 3.37. The zero-order valence-corrected chi connectivity index (χ0v) is 12.9. The maximum atomic E-state index is 12.7. The molecule has 126 valence electrons. The molecule has 0 fully saturated rings. The molecule has 3 N–H and O–H groups in total. The number of aromatic nitrogens is 1. The molecule has 0 aliphatic rings. The molecule has 0 spiro atoms. The second-order valence-corrected chi connectivity index (χ2v) is 5.28. The normalized spacial score (nSPS) is 11.2. The number of hydrogen-bond acceptors (Lipinski definition) is 2. The second kappa shape index (κ2) is 6.88. The van der Waals surface area contributed by atoms with Gasteiger partial charge >= 0.3 is 6.18 Å². The first-order valence-electron chi connectivity index (χ1n) is 6.62. The lowest BCUT2D eigenvalue weighted by Crippen LogP contribution is -2.40. The standard InChI is InChI=1S/C15H11ClF3N3O2/c16-11-4-3-10(15(17,18)19)6-12(11)21-13(23)8-22-5-1-2-9(7-22)14(20)24/h1-7H,8H2,(H2-,20,21,23,24)/p+1. The van der Waals surface area contributed by atoms with Gasteiger partial charge in [0.15, 0.2) is 12.4 Å². The van der Waals surface area contributed by atoms with E-state index in [-0.39, 0.29) is 22.8 Å². The fourth-order valence-electron chi connectivity index (χ4n) is 1.92. The lowest BCUT2D eigenvalue weighted by atomic mass is 10.2. The van der Waals surface area contributed by atoms with Gasteiger partial charge in [0.1, 0.15) is 5.56 Å². The third kappa shape index (κ3) is 4.45. The van der Waals surface area contributed by atoms with Crippen molar-refractivity contribution >= 4 is 29.1 Å². The minimum Gasteiger partial charge on any atom is -0.365 e. The number of rotatable bonds is 4. The maximum absolute atomic E-state index is 12.7. The number of hydrogen-bond donors (Lipinski definition) is 2. The van der Waals surface area contributed by atoms with Crippen LogP contribution in [0, 0.1) is 0 Å². The lowest BCUT2D eigenvalue weighted by Gasteiger charge is -2.11. The second-order valence-electron chi connectivity index (χ2n) is 4.87. The summed E-state index contributed by atoms with van der Waals surface area (Å²) in [4.78, 5) is 23.1. The average molecular weight is 359 g/mol. The molecule has 2 aromatic rings. The van der Waals surface area contributed by atoms with Crippen molar-refractivity contribution in [3.63, 3.8) is 0 Å². The number of pyridine rings is 1. The number of benzene rings is 1. The summed E-state index contributed by atoms with van der Waals surface area (Å²) in [5.41, 5.74) is 4.26. The molecule has 0 aliphatic heterocycles. The zero-order valence-electron chi connectivity index (χ0n) is 12.1. The minimum atomic E-state index is -4.55. The van der Waals surface area contributed by atoms with Crippen LogP contribution in [0.5, 0.6) is 0 Å². The van der Waals surface area contributed by atoms with Gasteiger partial charge in [0, 0.05) is 6.07 Å². The van der Waals surface area contributed by atoms with Crippen molar-refractivity contribution in [2.75, 3.05) is 5.32 Å². The van der Waals surface area contributed by atoms with Crippen molar-refractivity contribution in [3.05, 3.63) is 58.9 Å². The predicted molar refractivity (Wildman–Crippen MR) is 80.2 cm³/mol. The Bertz CT molecular complexity index is 794. The van der Waals surface area contributed by atoms with E-state index in [0.29, 0.717) is 0 Å². The van der Waals surface area contributed by atoms with E-state index in [0.717, 1.165) is 18.2 Å². The molecule has 0 aliphatic carbocycles. The first-order valence-corrected chi connectivity index (χ1v) is 7.00. The minimum absolute atomic E-state index is 0.0211. The highest BCUT2D eigenvalue weighted by Gasteiger charge is 2.31. The van der Waals surface area contributed by atoms with Gasteiger partial charge in [-0.3, -0.25) is 9.59 Å². The Labute approximate surface area is 139 Å². The number of primary amides is 1. The topological polar surface area (TPSA) is 76.1 Å². The Morgan fingerprint density at radius 1 is 1.25 bits per heavy atom. The molecule has 1 aromatic heterocycles. The summed E-state index contributed by atoms with van der Waals surface area (Å²) in [6.45, 7) is -0.228. The monoisotopic (exact) mass is 358 g/mol. The lowest BCUT2D eigenvalue weighted by molar-refractivity contribution is -0.684. The number of alkyl halides is 3. The SMILES string of the molecule is NC(=O)c1ccc[n+](CC(=O)Nc2cc(C(F)(F)F)ccc2Cl)c1. The van der Waals surface area contributed by atoms with Gasteiger partial charge in [0.25, 0.3) is 11.8 Å². The first kappa shape index (κ1) is 17.7. The van der Waals surface area contributed by atoms with Crippen LogP contribution in [-0.4, -0.2) is 11.8 Å². The number of nitrogens with zero attached hydrogens (tertiary/aromatic N) is 1. The number of amides is 2. The van der Waals surface area contributed by atoms with Gasteiger partial charge in [-0.15, -0.1) is 0 Å². The quantitative estimate of drug-likeness (QED) is 0.823. The number of nitrogens with one attached hydrogen (secondary N) is 1. The van der Waals surface area contributed by atoms with Crippen molar-refractivity contribution < 1.29 is 27.3 Å². The van der Waals surface area contributed by atoms with Gasteiger partial charge in [-0.05, 0) is 24.3 Å². The number of anilines is 1. The Hall–Kier alpha value is -2.61. The van der Waals surface area contributed by atoms with Gasteiger partial charge in [-0.25, -0.2) is 0 Å². The van der Waals surface area contributed by atoms with Gasteiger partial charge < -0.3 is 11.1 Å². The Morgan fingerprint density at radius 3 is 2.58 bits per heavy atom. The third-order valence-electron chi connectivity index (χ3n) is 3.04. The summed E-state index contributed by atoms with van der Waals surface area (Å²) >= 11 is 5.81. The van der Waals surface area contributed by atoms with Crippen LogP contribution < -0.4 is 15.6 Å². The van der Waals surface area contributed by atoms with Crippen LogP contribution in [-0.2, 0) is 17.5 Å². The zero-order chi connectivity index (χ0) is 17.9. The van der Waals surface area contributed by atoms with E-state index < -0.39 is 23.6 Å². The highest BCUT2D eigenvalue weighted by atomic mass is 35.5. The fraction of sp³-hybridized carbons (Fsp3) is 0.133. The van der Waals surface area contributed by atoms with E-state index in [1.807, 2.05) is 0 Å². The molecule has 1 heterocycles. The molecule has 1 aromatic carbocycles. The number of nitrogens with two attached hydrogens (primary N) is 1. The molecule has 0 radical (unpaired) electrons. The Balaban J connectivity index is 2.15. The molecule has 2 amide bonds. The predicted octanol–water partition coefficient (Wildman–Crippen LogP) is 2.38. The van der Waals surface area contributed by atoms with E-state index in [4.69, 9.17) is 17.3 Å². The highest BCUT2D eigenvalue weighted by molar-refractivity contribution is 6.33. The average Bonchev–Trinajstić information content (AvgIpc) is 2.48. The summed E-state index contributed by atoms with van der Waals surface area (Å²) in [6.07, 6.45) is -1.68. The molecular weight excluding hydrogens is 347 g/mol. The number of halogens is 4. The molecule has 0 bridgehead atoms. The summed E-state index contributed by atoms with van der Waals surface area (Å²) in [7, 11) is 0. The van der Waals surface area contributed by atoms with Gasteiger partial charge in [-0.1, -0.05) is 11.6 Å². The molecule has 0 saturated carbocycles. The van der Waals surface area contributed by atoms with Gasteiger partial charge in [0.05, 0.1) is 16.3 Å². The van der Waals surface area contributed by atoms with Gasteiger partial charge in [-0.2, -0.15) is 17.7 Å². The molecule has 0 atom stereocenters. The van der Waals surface area contributed by atoms with Crippen LogP contribution in [0.3, 0.4) is 0 Å². The smallest absolute Gasteiger partial charge is 0.365 e. The van der Waals surface area contributed by atoms with Crippen LogP contribution >= 0.6 is 11.6 Å². The molecule has 0 unspecified atom stereocenters. The maximum Gasteiger partial charge on any atom is 0.416 e. The molecule has 0 saturated heterocycles. The summed E-state index contributed by atoms with van der Waals surface area (Å²) in [5, 5.41) is 2.29. The highest BCUT2D eigenvalue weighted by Crippen LogP contribution is 2.33. The largest absolute Gasteiger partial charge is 0.416 e. The summed E-state index contributed by atoms with van der Waals surface area (Å²) in [6, 6.07) is 5.62. The van der Waals surface area contributed by atoms with Crippen LogP contribution in [0.15, 0.2) is 42.7 Å². The molecule has 5 nitrogen and oxygen atoms in total. The van der Waals surface area contributed by atoms with Crippen LogP contribution in [0.2, 0.25) is 5.02 Å². The first-order chi connectivity index (χ1) is 11.2. The van der Waals surface area contributed by atoms with Gasteiger partial charge in [0.2, 0.25) is 6.54 Å². The van der Waals surface area contributed by atoms with E-state index in [1.165, 1.54) is 29.1 Å². The van der Waals surface area contributed by atoms with Crippen molar-refractivity contribution in [1.82, 2.24) is 0 Å². The summed E-state index contributed by atoms with van der Waals surface area (Å²) < 4.78 is 39.5. The van der Waals surface area contributed by atoms with Crippen LogP contribution in [0.1, 0.15) is 15.9 Å². The fourth-order valence-corrected chi connectivity index (χ4v) is 2.08. The Kier molecular flexibility index (Phi) is 5.08.